The first-order valence-electron chi connectivity index (χ1n) is 5.68. The van der Waals surface area contributed by atoms with Crippen molar-refractivity contribution in [1.29, 1.82) is 0 Å². The van der Waals surface area contributed by atoms with Gasteiger partial charge in [0.25, 0.3) is 5.91 Å². The van der Waals surface area contributed by atoms with E-state index in [1.165, 1.54) is 12.1 Å². The van der Waals surface area contributed by atoms with E-state index in [-0.39, 0.29) is 17.2 Å². The van der Waals surface area contributed by atoms with Gasteiger partial charge in [-0.3, -0.25) is 14.8 Å². The third kappa shape index (κ3) is 3.66. The van der Waals surface area contributed by atoms with Gasteiger partial charge < -0.3 is 10.4 Å². The quantitative estimate of drug-likeness (QED) is 0.894. The molecule has 6 heteroatoms. The Labute approximate surface area is 115 Å². The molecule has 1 amide bonds. The van der Waals surface area contributed by atoms with Crippen molar-refractivity contribution in [2.75, 3.05) is 6.54 Å². The van der Waals surface area contributed by atoms with Crippen LogP contribution in [0.15, 0.2) is 36.8 Å². The van der Waals surface area contributed by atoms with Crippen molar-refractivity contribution in [3.05, 3.63) is 53.1 Å². The molecular formula is C13H12ClN3O2. The minimum absolute atomic E-state index is 0.135. The Balaban J connectivity index is 1.91. The molecule has 98 valence electrons. The number of carbonyl (C=O) groups is 1. The second-order valence-electron chi connectivity index (χ2n) is 3.86. The van der Waals surface area contributed by atoms with Crippen molar-refractivity contribution in [2.24, 2.45) is 0 Å². The number of phenolic OH excluding ortho intramolecular Hbond substituents is 1. The van der Waals surface area contributed by atoms with Crippen molar-refractivity contribution in [3.63, 3.8) is 0 Å². The van der Waals surface area contributed by atoms with Gasteiger partial charge in [0.15, 0.2) is 0 Å². The van der Waals surface area contributed by atoms with Gasteiger partial charge in [0.05, 0.1) is 11.3 Å². The summed E-state index contributed by atoms with van der Waals surface area (Å²) >= 11 is 5.70. The number of amides is 1. The van der Waals surface area contributed by atoms with Crippen LogP contribution in [0.2, 0.25) is 5.02 Å². The Hall–Kier alpha value is -2.14. The number of nitrogens with zero attached hydrogens (tertiary/aromatic N) is 2. The van der Waals surface area contributed by atoms with Crippen LogP contribution in [0.4, 0.5) is 0 Å². The predicted molar refractivity (Wildman–Crippen MR) is 71.2 cm³/mol. The van der Waals surface area contributed by atoms with Gasteiger partial charge in [-0.1, -0.05) is 11.6 Å². The Kier molecular flexibility index (Phi) is 4.30. The highest BCUT2D eigenvalue weighted by Gasteiger charge is 2.10. The number of aromatic nitrogens is 2. The molecule has 0 aliphatic heterocycles. The van der Waals surface area contributed by atoms with E-state index in [2.05, 4.69) is 15.3 Å². The van der Waals surface area contributed by atoms with Gasteiger partial charge in [-0.25, -0.2) is 0 Å². The van der Waals surface area contributed by atoms with E-state index in [1.54, 1.807) is 24.7 Å². The lowest BCUT2D eigenvalue weighted by atomic mass is 10.2. The molecule has 5 nitrogen and oxygen atoms in total. The first kappa shape index (κ1) is 13.3. The van der Waals surface area contributed by atoms with E-state index >= 15 is 0 Å². The van der Waals surface area contributed by atoms with Crippen LogP contribution in [-0.4, -0.2) is 27.5 Å². The first-order chi connectivity index (χ1) is 9.16. The van der Waals surface area contributed by atoms with Crippen molar-refractivity contribution < 1.29 is 9.90 Å². The van der Waals surface area contributed by atoms with Gasteiger partial charge in [-0.2, -0.15) is 0 Å². The highest BCUT2D eigenvalue weighted by molar-refractivity contribution is 6.30. The SMILES string of the molecule is O=C(NCCc1cnccn1)c1ccc(Cl)cc1O. The van der Waals surface area contributed by atoms with Gasteiger partial charge in [0.1, 0.15) is 5.75 Å². The Morgan fingerprint density at radius 1 is 1.37 bits per heavy atom. The second-order valence-corrected chi connectivity index (χ2v) is 4.30. The predicted octanol–water partition coefficient (Wildman–Crippen LogP) is 1.81. The maximum Gasteiger partial charge on any atom is 0.255 e. The van der Waals surface area contributed by atoms with Crippen LogP contribution in [0.25, 0.3) is 0 Å². The summed E-state index contributed by atoms with van der Waals surface area (Å²) in [7, 11) is 0. The smallest absolute Gasteiger partial charge is 0.255 e. The molecule has 1 heterocycles. The summed E-state index contributed by atoms with van der Waals surface area (Å²) in [6, 6.07) is 4.37. The zero-order chi connectivity index (χ0) is 13.7. The van der Waals surface area contributed by atoms with E-state index in [1.807, 2.05) is 0 Å². The van der Waals surface area contributed by atoms with Gasteiger partial charge in [-0.15, -0.1) is 0 Å². The fourth-order valence-corrected chi connectivity index (χ4v) is 1.72. The number of hydrogen-bond acceptors (Lipinski definition) is 4. The number of hydrogen-bond donors (Lipinski definition) is 2. The number of aromatic hydroxyl groups is 1. The number of rotatable bonds is 4. The van der Waals surface area contributed by atoms with Crippen molar-refractivity contribution >= 4 is 17.5 Å². The molecule has 0 fully saturated rings. The van der Waals surface area contributed by atoms with E-state index in [4.69, 9.17) is 11.6 Å². The maximum atomic E-state index is 11.8. The molecule has 0 atom stereocenters. The molecule has 1 aromatic carbocycles. The molecule has 2 N–H and O–H groups in total. The number of carbonyl (C=O) groups excluding carboxylic acids is 1. The van der Waals surface area contributed by atoms with E-state index in [0.717, 1.165) is 5.69 Å². The zero-order valence-electron chi connectivity index (χ0n) is 10.0. The molecule has 0 unspecified atom stereocenters. The molecule has 19 heavy (non-hydrogen) atoms. The molecule has 0 radical (unpaired) electrons. The lowest BCUT2D eigenvalue weighted by Gasteiger charge is -2.06. The third-order valence-corrected chi connectivity index (χ3v) is 2.72. The van der Waals surface area contributed by atoms with Crippen molar-refractivity contribution in [3.8, 4) is 5.75 Å². The maximum absolute atomic E-state index is 11.8. The van der Waals surface area contributed by atoms with Gasteiger partial charge >= 0.3 is 0 Å². The molecule has 1 aromatic heterocycles. The lowest BCUT2D eigenvalue weighted by Crippen LogP contribution is -2.26. The molecule has 2 rings (SSSR count). The van der Waals surface area contributed by atoms with Crippen LogP contribution in [0.3, 0.4) is 0 Å². The topological polar surface area (TPSA) is 75.1 Å². The van der Waals surface area contributed by atoms with Crippen LogP contribution in [0.5, 0.6) is 5.75 Å². The average Bonchev–Trinajstić information content (AvgIpc) is 2.39. The molecule has 0 saturated heterocycles. The summed E-state index contributed by atoms with van der Waals surface area (Å²) in [5.74, 6) is -0.484. The van der Waals surface area contributed by atoms with Gasteiger partial charge in [-0.05, 0) is 18.2 Å². The Morgan fingerprint density at radius 3 is 2.89 bits per heavy atom. The van der Waals surface area contributed by atoms with E-state index in [9.17, 15) is 9.90 Å². The van der Waals surface area contributed by atoms with Crippen molar-refractivity contribution in [1.82, 2.24) is 15.3 Å². The monoisotopic (exact) mass is 277 g/mol. The molecule has 0 aliphatic carbocycles. The summed E-state index contributed by atoms with van der Waals surface area (Å²) in [5.41, 5.74) is 0.992. The van der Waals surface area contributed by atoms with Crippen LogP contribution in [0.1, 0.15) is 16.1 Å². The fraction of sp³-hybridized carbons (Fsp3) is 0.154. The minimum Gasteiger partial charge on any atom is -0.507 e. The summed E-state index contributed by atoms with van der Waals surface area (Å²) in [6.07, 6.45) is 5.41. The summed E-state index contributed by atoms with van der Waals surface area (Å²) in [5, 5.41) is 12.7. The lowest BCUT2D eigenvalue weighted by molar-refractivity contribution is 0.0951. The van der Waals surface area contributed by atoms with E-state index < -0.39 is 0 Å². The first-order valence-corrected chi connectivity index (χ1v) is 6.06. The normalized spacial score (nSPS) is 10.2. The van der Waals surface area contributed by atoms with Crippen LogP contribution in [-0.2, 0) is 6.42 Å². The molecule has 2 aromatic rings. The second kappa shape index (κ2) is 6.15. The molecule has 0 aliphatic rings. The highest BCUT2D eigenvalue weighted by atomic mass is 35.5. The highest BCUT2D eigenvalue weighted by Crippen LogP contribution is 2.21. The summed E-state index contributed by atoms with van der Waals surface area (Å²) < 4.78 is 0. The van der Waals surface area contributed by atoms with Crippen LogP contribution < -0.4 is 5.32 Å². The molecular weight excluding hydrogens is 266 g/mol. The largest absolute Gasteiger partial charge is 0.507 e. The standard InChI is InChI=1S/C13H12ClN3O2/c14-9-1-2-11(12(18)7-9)13(19)17-4-3-10-8-15-5-6-16-10/h1-2,5-8,18H,3-4H2,(H,17,19). The molecule has 0 spiro atoms. The number of benzene rings is 1. The fourth-order valence-electron chi connectivity index (χ4n) is 1.56. The molecule has 0 bridgehead atoms. The average molecular weight is 278 g/mol. The number of phenols is 1. The van der Waals surface area contributed by atoms with Crippen LogP contribution in [0, 0.1) is 0 Å². The third-order valence-electron chi connectivity index (χ3n) is 2.49. The van der Waals surface area contributed by atoms with Gasteiger partial charge in [0.2, 0.25) is 0 Å². The number of nitrogens with one attached hydrogen (secondary N) is 1. The Bertz CT molecular complexity index is 575. The van der Waals surface area contributed by atoms with E-state index in [0.29, 0.717) is 18.0 Å². The van der Waals surface area contributed by atoms with Crippen molar-refractivity contribution in [2.45, 2.75) is 6.42 Å². The summed E-state index contributed by atoms with van der Waals surface area (Å²) in [4.78, 5) is 19.8. The summed E-state index contributed by atoms with van der Waals surface area (Å²) in [6.45, 7) is 0.416. The number of halogens is 1. The van der Waals surface area contributed by atoms with Gasteiger partial charge in [0, 0.05) is 36.6 Å². The zero-order valence-corrected chi connectivity index (χ0v) is 10.8. The van der Waals surface area contributed by atoms with Crippen LogP contribution >= 0.6 is 11.6 Å². The minimum atomic E-state index is -0.349. The molecule has 0 saturated carbocycles. The Morgan fingerprint density at radius 2 is 2.21 bits per heavy atom.